The number of benzene rings is 3. The number of amides is 3. The number of rotatable bonds is 9. The molecule has 2 heterocycles. The second kappa shape index (κ2) is 13.4. The number of Topliss-reactive ketones (excluding diaryl/α,β-unsaturated/α-hetero) is 1. The van der Waals surface area contributed by atoms with Gasteiger partial charge in [-0.3, -0.25) is 24.1 Å². The summed E-state index contributed by atoms with van der Waals surface area (Å²) in [5, 5.41) is 3.00. The summed E-state index contributed by atoms with van der Waals surface area (Å²) in [6.45, 7) is 2.24. The Labute approximate surface area is 261 Å². The van der Waals surface area contributed by atoms with Crippen molar-refractivity contribution in [2.24, 2.45) is 5.92 Å². The molecule has 0 radical (unpaired) electrons. The minimum atomic E-state index is -0.968. The summed E-state index contributed by atoms with van der Waals surface area (Å²) >= 11 is 0. The van der Waals surface area contributed by atoms with E-state index in [0.29, 0.717) is 37.4 Å². The molecular formula is C35H35FN4O5. The van der Waals surface area contributed by atoms with Gasteiger partial charge in [-0.05, 0) is 67.6 Å². The topological polar surface area (TPSA) is 99.3 Å². The fourth-order valence-corrected chi connectivity index (χ4v) is 6.29. The summed E-state index contributed by atoms with van der Waals surface area (Å²) in [6, 6.07) is 19.2. The van der Waals surface area contributed by atoms with Crippen molar-refractivity contribution >= 4 is 40.6 Å². The van der Waals surface area contributed by atoms with Crippen LogP contribution in [0.15, 0.2) is 84.9 Å². The summed E-state index contributed by atoms with van der Waals surface area (Å²) in [4.78, 5) is 58.8. The number of allylic oxidation sites excluding steroid dienone is 2. The van der Waals surface area contributed by atoms with Crippen molar-refractivity contribution in [3.05, 3.63) is 102 Å². The average Bonchev–Trinajstić information content (AvgIpc) is 3.31. The van der Waals surface area contributed by atoms with E-state index in [9.17, 15) is 19.2 Å². The van der Waals surface area contributed by atoms with Crippen LogP contribution in [-0.4, -0.2) is 67.3 Å². The van der Waals surface area contributed by atoms with Crippen molar-refractivity contribution in [2.45, 2.75) is 31.8 Å². The number of halogens is 1. The van der Waals surface area contributed by atoms with Crippen LogP contribution in [0.25, 0.3) is 0 Å². The highest BCUT2D eigenvalue weighted by Crippen LogP contribution is 2.31. The molecule has 232 valence electrons. The van der Waals surface area contributed by atoms with Crippen LogP contribution in [-0.2, 0) is 25.7 Å². The van der Waals surface area contributed by atoms with Crippen LogP contribution < -0.4 is 15.1 Å². The number of anilines is 3. The van der Waals surface area contributed by atoms with E-state index in [2.05, 4.69) is 10.2 Å². The molecular weight excluding hydrogens is 575 g/mol. The number of hydrogen-bond acceptors (Lipinski definition) is 6. The maximum atomic E-state index is 15.0. The third-order valence-corrected chi connectivity index (χ3v) is 8.66. The Kier molecular flexibility index (Phi) is 9.02. The molecule has 1 fully saturated rings. The third kappa shape index (κ3) is 6.51. The Morgan fingerprint density at radius 1 is 0.956 bits per heavy atom. The number of morpholine rings is 1. The zero-order chi connectivity index (χ0) is 31.3. The summed E-state index contributed by atoms with van der Waals surface area (Å²) < 4.78 is 20.4. The van der Waals surface area contributed by atoms with Gasteiger partial charge in [-0.25, -0.2) is 4.39 Å². The van der Waals surface area contributed by atoms with E-state index >= 15 is 4.39 Å². The Hall–Kier alpha value is -4.83. The molecule has 3 amide bonds. The molecule has 9 nitrogen and oxygen atoms in total. The summed E-state index contributed by atoms with van der Waals surface area (Å²) in [5.41, 5.74) is 2.40. The van der Waals surface area contributed by atoms with Gasteiger partial charge in [0.05, 0.1) is 24.5 Å². The van der Waals surface area contributed by atoms with Gasteiger partial charge in [0.1, 0.15) is 18.4 Å². The highest BCUT2D eigenvalue weighted by molar-refractivity contribution is 6.52. The number of fused-ring (bicyclic) bond motifs is 1. The minimum absolute atomic E-state index is 0.183. The van der Waals surface area contributed by atoms with Crippen molar-refractivity contribution in [1.82, 2.24) is 4.90 Å². The Balaban J connectivity index is 1.31. The van der Waals surface area contributed by atoms with E-state index in [4.69, 9.17) is 4.74 Å². The Morgan fingerprint density at radius 2 is 1.69 bits per heavy atom. The predicted octanol–water partition coefficient (Wildman–Crippen LogP) is 4.58. The van der Waals surface area contributed by atoms with E-state index in [1.54, 1.807) is 42.5 Å². The number of nitrogens with zero attached hydrogens (tertiary/aromatic N) is 3. The lowest BCUT2D eigenvalue weighted by atomic mass is 9.85. The molecule has 6 rings (SSSR count). The molecule has 2 atom stereocenters. The lowest BCUT2D eigenvalue weighted by Crippen LogP contribution is -2.54. The number of carbonyl (C=O) groups excluding carboxylic acids is 4. The molecule has 0 spiro atoms. The van der Waals surface area contributed by atoms with Crippen molar-refractivity contribution in [1.29, 1.82) is 0 Å². The van der Waals surface area contributed by atoms with Crippen molar-refractivity contribution in [3.8, 4) is 0 Å². The normalized spacial score (nSPS) is 18.5. The molecule has 1 aliphatic carbocycles. The molecule has 3 aliphatic rings. The van der Waals surface area contributed by atoms with Crippen LogP contribution >= 0.6 is 0 Å². The first-order chi connectivity index (χ1) is 21.9. The van der Waals surface area contributed by atoms with E-state index < -0.39 is 41.9 Å². The van der Waals surface area contributed by atoms with Gasteiger partial charge in [0.15, 0.2) is 0 Å². The monoisotopic (exact) mass is 610 g/mol. The molecule has 0 unspecified atom stereocenters. The second-order valence-electron chi connectivity index (χ2n) is 11.5. The standard InChI is InChI=1S/C35H35FN4O5/c36-29-12-6-4-10-25(29)22-40(31(41)23-39-30-13-7-5-11-28(30)33(42)35(39)44)32(24-8-2-1-3-9-24)34(43)37-26-14-16-27(17-15-26)38-18-20-45-21-19-38/h1-2,4-7,10-17,24,32H,3,8-9,18-23H2,(H,37,43)/t24-,32+/m0/s1. The van der Waals surface area contributed by atoms with Gasteiger partial charge in [0, 0.05) is 36.6 Å². The summed E-state index contributed by atoms with van der Waals surface area (Å²) in [6.07, 6.45) is 5.98. The molecule has 0 bridgehead atoms. The maximum Gasteiger partial charge on any atom is 0.299 e. The molecule has 1 N–H and O–H groups in total. The first kappa shape index (κ1) is 30.2. The molecule has 0 aromatic heterocycles. The summed E-state index contributed by atoms with van der Waals surface area (Å²) in [7, 11) is 0. The van der Waals surface area contributed by atoms with Crippen LogP contribution in [0, 0.1) is 11.7 Å². The number of carbonyl (C=O) groups is 4. The quantitative estimate of drug-likeness (QED) is 0.281. The van der Waals surface area contributed by atoms with Gasteiger partial charge in [0.25, 0.3) is 11.7 Å². The number of para-hydroxylation sites is 1. The van der Waals surface area contributed by atoms with Crippen LogP contribution in [0.1, 0.15) is 35.2 Å². The smallest absolute Gasteiger partial charge is 0.299 e. The highest BCUT2D eigenvalue weighted by atomic mass is 19.1. The number of ether oxygens (including phenoxy) is 1. The Bertz CT molecular complexity index is 1620. The maximum absolute atomic E-state index is 15.0. The van der Waals surface area contributed by atoms with Crippen molar-refractivity contribution in [3.63, 3.8) is 0 Å². The van der Waals surface area contributed by atoms with Crippen LogP contribution in [0.3, 0.4) is 0 Å². The number of nitrogens with one attached hydrogen (secondary N) is 1. The molecule has 10 heteroatoms. The Morgan fingerprint density at radius 3 is 2.42 bits per heavy atom. The van der Waals surface area contributed by atoms with Gasteiger partial charge >= 0.3 is 0 Å². The van der Waals surface area contributed by atoms with E-state index in [0.717, 1.165) is 30.1 Å². The molecule has 1 saturated heterocycles. The van der Waals surface area contributed by atoms with Crippen molar-refractivity contribution in [2.75, 3.05) is 48.0 Å². The predicted molar refractivity (Wildman–Crippen MR) is 168 cm³/mol. The number of hydrogen-bond donors (Lipinski definition) is 1. The van der Waals surface area contributed by atoms with Crippen LogP contribution in [0.2, 0.25) is 0 Å². The lowest BCUT2D eigenvalue weighted by Gasteiger charge is -2.37. The van der Waals surface area contributed by atoms with E-state index in [-0.39, 0.29) is 23.6 Å². The number of ketones is 1. The van der Waals surface area contributed by atoms with E-state index in [1.165, 1.54) is 11.0 Å². The molecule has 45 heavy (non-hydrogen) atoms. The van der Waals surface area contributed by atoms with Gasteiger partial charge in [0.2, 0.25) is 11.8 Å². The van der Waals surface area contributed by atoms with Crippen LogP contribution in [0.4, 0.5) is 21.5 Å². The molecule has 0 saturated carbocycles. The SMILES string of the molecule is O=C1C(=O)N(CC(=O)N(Cc2ccccc2F)[C@@H](C(=O)Nc2ccc(N3CCOCC3)cc2)[C@H]2CC=CCC2)c2ccccc21. The summed E-state index contributed by atoms with van der Waals surface area (Å²) in [5.74, 6) is -3.21. The first-order valence-corrected chi connectivity index (χ1v) is 15.3. The van der Waals surface area contributed by atoms with E-state index in [1.807, 2.05) is 36.4 Å². The van der Waals surface area contributed by atoms with Gasteiger partial charge in [-0.1, -0.05) is 42.5 Å². The average molecular weight is 611 g/mol. The van der Waals surface area contributed by atoms with Gasteiger partial charge in [-0.15, -0.1) is 0 Å². The zero-order valence-corrected chi connectivity index (χ0v) is 24.9. The molecule has 2 aliphatic heterocycles. The van der Waals surface area contributed by atoms with Gasteiger partial charge < -0.3 is 19.9 Å². The van der Waals surface area contributed by atoms with Crippen LogP contribution in [0.5, 0.6) is 0 Å². The van der Waals surface area contributed by atoms with Gasteiger partial charge in [-0.2, -0.15) is 0 Å². The zero-order valence-electron chi connectivity index (χ0n) is 24.9. The molecule has 3 aromatic rings. The second-order valence-corrected chi connectivity index (χ2v) is 11.5. The molecule has 3 aromatic carbocycles. The first-order valence-electron chi connectivity index (χ1n) is 15.3. The minimum Gasteiger partial charge on any atom is -0.378 e. The fourth-order valence-electron chi connectivity index (χ4n) is 6.29. The largest absolute Gasteiger partial charge is 0.378 e. The van der Waals surface area contributed by atoms with Crippen molar-refractivity contribution < 1.29 is 28.3 Å². The fraction of sp³-hybridized carbons (Fsp3) is 0.314. The highest BCUT2D eigenvalue weighted by Gasteiger charge is 2.41. The third-order valence-electron chi connectivity index (χ3n) is 8.66. The lowest BCUT2D eigenvalue weighted by molar-refractivity contribution is -0.140.